The molecule has 0 saturated carbocycles. The fourth-order valence-corrected chi connectivity index (χ4v) is 4.66. The summed E-state index contributed by atoms with van der Waals surface area (Å²) in [5.74, 6) is 0.450. The first-order valence-electron chi connectivity index (χ1n) is 9.58. The van der Waals surface area contributed by atoms with Gasteiger partial charge in [-0.3, -0.25) is 4.90 Å². The number of halogens is 1. The van der Waals surface area contributed by atoms with Crippen LogP contribution in [0.2, 0.25) is 0 Å². The van der Waals surface area contributed by atoms with Gasteiger partial charge in [-0.2, -0.15) is 0 Å². The number of benzene rings is 2. The molecule has 1 aliphatic heterocycles. The van der Waals surface area contributed by atoms with Crippen LogP contribution in [-0.2, 0) is 16.6 Å². The van der Waals surface area contributed by atoms with E-state index in [1.165, 1.54) is 12.1 Å². The Hall–Kier alpha value is -1.96. The molecule has 1 N–H and O–H groups in total. The van der Waals surface area contributed by atoms with E-state index in [2.05, 4.69) is 15.7 Å². The molecule has 7 heteroatoms. The summed E-state index contributed by atoms with van der Waals surface area (Å²) in [6, 6.07) is 12.8. The van der Waals surface area contributed by atoms with E-state index in [1.54, 1.807) is 0 Å². The maximum Gasteiger partial charge on any atom is 0.240 e. The number of ether oxygens (including phenoxy) is 1. The molecule has 152 valence electrons. The molecule has 0 aliphatic carbocycles. The topological polar surface area (TPSA) is 58.6 Å². The molecule has 2 aromatic rings. The smallest absolute Gasteiger partial charge is 0.240 e. The summed E-state index contributed by atoms with van der Waals surface area (Å²) in [6.45, 7) is 6.39. The summed E-state index contributed by atoms with van der Waals surface area (Å²) in [4.78, 5) is 2.40. The van der Waals surface area contributed by atoms with Gasteiger partial charge in [0, 0.05) is 31.2 Å². The van der Waals surface area contributed by atoms with Crippen LogP contribution in [0.4, 0.5) is 4.39 Å². The van der Waals surface area contributed by atoms with Crippen molar-refractivity contribution >= 4 is 10.0 Å². The van der Waals surface area contributed by atoms with Crippen LogP contribution in [0.3, 0.4) is 0 Å². The second-order valence-electron chi connectivity index (χ2n) is 7.40. The molecule has 0 amide bonds. The molecular formula is C21H27FN2O3S. The molecule has 2 aromatic carbocycles. The van der Waals surface area contributed by atoms with Crippen molar-refractivity contribution in [3.05, 3.63) is 59.9 Å². The van der Waals surface area contributed by atoms with E-state index in [0.29, 0.717) is 0 Å². The highest BCUT2D eigenvalue weighted by Crippen LogP contribution is 2.23. The lowest BCUT2D eigenvalue weighted by Crippen LogP contribution is -2.44. The van der Waals surface area contributed by atoms with Crippen LogP contribution >= 0.6 is 0 Å². The number of para-hydroxylation sites is 1. The third-order valence-corrected chi connectivity index (χ3v) is 6.30. The monoisotopic (exact) mass is 406 g/mol. The number of sulfonamides is 1. The fourth-order valence-electron chi connectivity index (χ4n) is 3.35. The van der Waals surface area contributed by atoms with E-state index in [9.17, 15) is 12.8 Å². The van der Waals surface area contributed by atoms with Crippen molar-refractivity contribution in [2.24, 2.45) is 0 Å². The van der Waals surface area contributed by atoms with E-state index in [-0.39, 0.29) is 17.0 Å². The second-order valence-corrected chi connectivity index (χ2v) is 9.11. The quantitative estimate of drug-likeness (QED) is 0.764. The van der Waals surface area contributed by atoms with Gasteiger partial charge in [0.05, 0.1) is 11.0 Å². The third kappa shape index (κ3) is 5.53. The summed E-state index contributed by atoms with van der Waals surface area (Å²) < 4.78 is 46.6. The number of hydrogen-bond donors (Lipinski definition) is 1. The lowest BCUT2D eigenvalue weighted by molar-refractivity contribution is 0.192. The van der Waals surface area contributed by atoms with Crippen molar-refractivity contribution in [2.75, 3.05) is 13.1 Å². The lowest BCUT2D eigenvalue weighted by atomic mass is 10.1. The zero-order valence-electron chi connectivity index (χ0n) is 16.3. The molecule has 5 nitrogen and oxygen atoms in total. The van der Waals surface area contributed by atoms with Crippen molar-refractivity contribution in [1.29, 1.82) is 0 Å². The van der Waals surface area contributed by atoms with E-state index in [0.717, 1.165) is 55.9 Å². The molecule has 0 aromatic heterocycles. The van der Waals surface area contributed by atoms with Crippen LogP contribution in [0.5, 0.6) is 5.75 Å². The van der Waals surface area contributed by atoms with Gasteiger partial charge in [0.2, 0.25) is 10.0 Å². The molecule has 1 fully saturated rings. The van der Waals surface area contributed by atoms with Gasteiger partial charge in [-0.15, -0.1) is 0 Å². The lowest BCUT2D eigenvalue weighted by Gasteiger charge is -2.32. The second kappa shape index (κ2) is 9.03. The van der Waals surface area contributed by atoms with E-state index < -0.39 is 15.8 Å². The van der Waals surface area contributed by atoms with Crippen molar-refractivity contribution in [3.63, 3.8) is 0 Å². The zero-order chi connectivity index (χ0) is 20.1. The third-order valence-electron chi connectivity index (χ3n) is 4.76. The van der Waals surface area contributed by atoms with Gasteiger partial charge >= 0.3 is 0 Å². The minimum absolute atomic E-state index is 0.0936. The SMILES string of the molecule is CC(C)Oc1ccccc1CN1CCC(NS(=O)(=O)c2ccc(F)cc2)CC1. The number of piperidine rings is 1. The van der Waals surface area contributed by atoms with Crippen LogP contribution in [0.15, 0.2) is 53.4 Å². The Morgan fingerprint density at radius 1 is 1.11 bits per heavy atom. The Morgan fingerprint density at radius 3 is 2.39 bits per heavy atom. The van der Waals surface area contributed by atoms with Crippen molar-refractivity contribution < 1.29 is 17.5 Å². The molecule has 0 unspecified atom stereocenters. The zero-order valence-corrected chi connectivity index (χ0v) is 17.1. The standard InChI is InChI=1S/C21H27FN2O3S/c1-16(2)27-21-6-4-3-5-17(21)15-24-13-11-19(12-14-24)23-28(25,26)20-9-7-18(22)8-10-20/h3-10,16,19,23H,11-15H2,1-2H3. The minimum Gasteiger partial charge on any atom is -0.491 e. The Kier molecular flexibility index (Phi) is 6.69. The van der Waals surface area contributed by atoms with Crippen LogP contribution < -0.4 is 9.46 Å². The number of likely N-dealkylation sites (tertiary alicyclic amines) is 1. The number of nitrogens with one attached hydrogen (secondary N) is 1. The maximum absolute atomic E-state index is 13.0. The van der Waals surface area contributed by atoms with Gasteiger partial charge in [-0.05, 0) is 57.0 Å². The predicted molar refractivity (Wildman–Crippen MR) is 107 cm³/mol. The van der Waals surface area contributed by atoms with E-state index in [4.69, 9.17) is 4.74 Å². The summed E-state index contributed by atoms with van der Waals surface area (Å²) in [6.07, 6.45) is 1.58. The molecule has 0 spiro atoms. The molecule has 1 heterocycles. The van der Waals surface area contributed by atoms with Crippen LogP contribution in [0.25, 0.3) is 0 Å². The average Bonchev–Trinajstić information content (AvgIpc) is 2.65. The molecular weight excluding hydrogens is 379 g/mol. The molecule has 1 aliphatic rings. The van der Waals surface area contributed by atoms with Gasteiger partial charge in [0.1, 0.15) is 11.6 Å². The molecule has 0 atom stereocenters. The highest BCUT2D eigenvalue weighted by Gasteiger charge is 2.25. The first-order chi connectivity index (χ1) is 13.3. The van der Waals surface area contributed by atoms with Gasteiger partial charge in [0.15, 0.2) is 0 Å². The summed E-state index contributed by atoms with van der Waals surface area (Å²) in [7, 11) is -3.63. The average molecular weight is 407 g/mol. The van der Waals surface area contributed by atoms with Gasteiger partial charge < -0.3 is 4.74 Å². The first-order valence-corrected chi connectivity index (χ1v) is 11.1. The Morgan fingerprint density at radius 2 is 1.75 bits per heavy atom. The largest absolute Gasteiger partial charge is 0.491 e. The molecule has 0 bridgehead atoms. The minimum atomic E-state index is -3.63. The van der Waals surface area contributed by atoms with Crippen LogP contribution in [0, 0.1) is 5.82 Å². The maximum atomic E-state index is 13.0. The predicted octanol–water partition coefficient (Wildman–Crippen LogP) is 3.56. The van der Waals surface area contributed by atoms with Gasteiger partial charge in [0.25, 0.3) is 0 Å². The highest BCUT2D eigenvalue weighted by molar-refractivity contribution is 7.89. The molecule has 28 heavy (non-hydrogen) atoms. The summed E-state index contributed by atoms with van der Waals surface area (Å²) in [5.41, 5.74) is 1.14. The van der Waals surface area contributed by atoms with E-state index >= 15 is 0 Å². The Balaban J connectivity index is 1.56. The van der Waals surface area contributed by atoms with E-state index in [1.807, 2.05) is 32.0 Å². The fraction of sp³-hybridized carbons (Fsp3) is 0.429. The molecule has 1 saturated heterocycles. The first kappa shape index (κ1) is 20.8. The number of hydrogen-bond acceptors (Lipinski definition) is 4. The molecule has 0 radical (unpaired) electrons. The van der Waals surface area contributed by atoms with Crippen molar-refractivity contribution in [2.45, 2.75) is 50.3 Å². The van der Waals surface area contributed by atoms with Crippen molar-refractivity contribution in [3.8, 4) is 5.75 Å². The highest BCUT2D eigenvalue weighted by atomic mass is 32.2. The van der Waals surface area contributed by atoms with Crippen LogP contribution in [-0.4, -0.2) is 38.6 Å². The van der Waals surface area contributed by atoms with Crippen LogP contribution in [0.1, 0.15) is 32.3 Å². The Bertz CT molecular complexity index is 877. The van der Waals surface area contributed by atoms with Gasteiger partial charge in [-0.25, -0.2) is 17.5 Å². The summed E-state index contributed by atoms with van der Waals surface area (Å²) in [5, 5.41) is 0. The van der Waals surface area contributed by atoms with Crippen molar-refractivity contribution in [1.82, 2.24) is 9.62 Å². The normalized spacial score (nSPS) is 16.4. The summed E-state index contributed by atoms with van der Waals surface area (Å²) >= 11 is 0. The molecule has 3 rings (SSSR count). The number of nitrogens with zero attached hydrogens (tertiary/aromatic N) is 1. The van der Waals surface area contributed by atoms with Gasteiger partial charge in [-0.1, -0.05) is 18.2 Å². The Labute approximate surface area is 166 Å². The number of rotatable bonds is 7.